The number of piperazine rings is 1. The van der Waals surface area contributed by atoms with Gasteiger partial charge in [-0.3, -0.25) is 14.6 Å². The number of carbonyl (C=O) groups is 1. The van der Waals surface area contributed by atoms with Gasteiger partial charge in [-0.25, -0.2) is 14.4 Å². The molecular weight excluding hydrogens is 467 g/mol. The van der Waals surface area contributed by atoms with Crippen molar-refractivity contribution in [3.63, 3.8) is 0 Å². The largest absolute Gasteiger partial charge is 0.350 e. The van der Waals surface area contributed by atoms with Crippen molar-refractivity contribution < 1.29 is 9.18 Å². The zero-order valence-electron chi connectivity index (χ0n) is 20.5. The van der Waals surface area contributed by atoms with Gasteiger partial charge in [0.2, 0.25) is 0 Å². The summed E-state index contributed by atoms with van der Waals surface area (Å²) in [5.41, 5.74) is 1.09. The molecule has 0 radical (unpaired) electrons. The summed E-state index contributed by atoms with van der Waals surface area (Å²) in [6.45, 7) is 8.89. The highest BCUT2D eigenvalue weighted by atomic mass is 35.5. The van der Waals surface area contributed by atoms with E-state index in [4.69, 9.17) is 11.6 Å². The normalized spacial score (nSPS) is 24.5. The Bertz CT molecular complexity index is 1040. The molecule has 3 aliphatic rings. The molecule has 188 valence electrons. The summed E-state index contributed by atoms with van der Waals surface area (Å²) in [5, 5.41) is 3.40. The van der Waals surface area contributed by atoms with Gasteiger partial charge in [0, 0.05) is 54.4 Å². The summed E-state index contributed by atoms with van der Waals surface area (Å²) in [7, 11) is 0. The number of hydrogen-bond acceptors (Lipinski definition) is 6. The lowest BCUT2D eigenvalue weighted by molar-refractivity contribution is 0.0583. The first-order chi connectivity index (χ1) is 16.9. The minimum Gasteiger partial charge on any atom is -0.350 e. The molecule has 0 spiro atoms. The molecule has 1 aromatic carbocycles. The smallest absolute Gasteiger partial charge is 0.271 e. The number of aromatic nitrogens is 2. The van der Waals surface area contributed by atoms with Crippen LogP contribution >= 0.6 is 11.6 Å². The number of halogens is 2. The van der Waals surface area contributed by atoms with E-state index in [0.29, 0.717) is 47.0 Å². The van der Waals surface area contributed by atoms with E-state index in [0.717, 1.165) is 57.7 Å². The molecule has 2 atom stereocenters. The van der Waals surface area contributed by atoms with Gasteiger partial charge in [-0.05, 0) is 64.8 Å². The van der Waals surface area contributed by atoms with Crippen LogP contribution in [-0.4, -0.2) is 76.0 Å². The van der Waals surface area contributed by atoms with Crippen LogP contribution in [0.15, 0.2) is 30.6 Å². The van der Waals surface area contributed by atoms with Gasteiger partial charge >= 0.3 is 0 Å². The molecule has 5 rings (SSSR count). The van der Waals surface area contributed by atoms with Crippen molar-refractivity contribution >= 4 is 23.3 Å². The molecule has 2 aromatic rings. The summed E-state index contributed by atoms with van der Waals surface area (Å²) in [5.74, 6) is 0.465. The monoisotopic (exact) mass is 500 g/mol. The summed E-state index contributed by atoms with van der Waals surface area (Å²) >= 11 is 5.89. The average molecular weight is 501 g/mol. The molecule has 3 heterocycles. The highest BCUT2D eigenvalue weighted by Gasteiger charge is 2.35. The topological polar surface area (TPSA) is 64.6 Å². The third kappa shape index (κ3) is 5.76. The Balaban J connectivity index is 1.14. The maximum absolute atomic E-state index is 14.2. The molecule has 1 aromatic heterocycles. The Morgan fingerprint density at radius 2 is 1.86 bits per heavy atom. The van der Waals surface area contributed by atoms with Crippen LogP contribution in [0, 0.1) is 5.82 Å². The zero-order valence-corrected chi connectivity index (χ0v) is 21.2. The van der Waals surface area contributed by atoms with Crippen molar-refractivity contribution in [2.75, 3.05) is 31.1 Å². The Labute approximate surface area is 211 Å². The Morgan fingerprint density at radius 3 is 2.51 bits per heavy atom. The molecule has 2 aliphatic heterocycles. The van der Waals surface area contributed by atoms with E-state index in [1.165, 1.54) is 6.07 Å². The molecule has 1 saturated carbocycles. The first kappa shape index (κ1) is 24.4. The highest BCUT2D eigenvalue weighted by Crippen LogP contribution is 2.27. The third-order valence-corrected chi connectivity index (χ3v) is 7.78. The van der Waals surface area contributed by atoms with Crippen LogP contribution in [-0.2, 0) is 6.54 Å². The minimum absolute atomic E-state index is 0.136. The minimum atomic E-state index is -0.224. The van der Waals surface area contributed by atoms with Gasteiger partial charge in [-0.15, -0.1) is 0 Å². The van der Waals surface area contributed by atoms with Crippen molar-refractivity contribution in [3.05, 3.63) is 52.7 Å². The molecule has 1 aliphatic carbocycles. The maximum atomic E-state index is 14.2. The summed E-state index contributed by atoms with van der Waals surface area (Å²) in [4.78, 5) is 28.4. The number of rotatable bonds is 6. The summed E-state index contributed by atoms with van der Waals surface area (Å²) in [6, 6.07) is 6.47. The van der Waals surface area contributed by atoms with E-state index in [9.17, 15) is 9.18 Å². The van der Waals surface area contributed by atoms with E-state index >= 15 is 0 Å². The van der Waals surface area contributed by atoms with Crippen LogP contribution in [0.4, 0.5) is 10.2 Å². The van der Waals surface area contributed by atoms with Crippen LogP contribution in [0.25, 0.3) is 0 Å². The van der Waals surface area contributed by atoms with Crippen molar-refractivity contribution in [2.24, 2.45) is 0 Å². The second-order valence-electron chi connectivity index (χ2n) is 10.3. The number of hydrogen-bond donors (Lipinski definition) is 1. The van der Waals surface area contributed by atoms with E-state index in [1.807, 2.05) is 0 Å². The Kier molecular flexibility index (Phi) is 7.23. The quantitative estimate of drug-likeness (QED) is 0.652. The first-order valence-corrected chi connectivity index (χ1v) is 13.1. The lowest BCUT2D eigenvalue weighted by Gasteiger charge is -2.49. The number of piperidine rings is 1. The van der Waals surface area contributed by atoms with Crippen molar-refractivity contribution in [1.82, 2.24) is 25.1 Å². The standard InChI is InChI=1S/C26H34ClFN6O/c1-17-15-34(25-13-29-24(12-30-25)26(35)31-21-5-6-21)18(2)14-33(17)22-7-9-32(10-8-22)16-19-3-4-20(27)11-23(19)28/h3-4,11-13,17-18,21-22H,5-10,14-16H2,1-2H3,(H,31,35)/t17-,18+/m0/s1. The van der Waals surface area contributed by atoms with Crippen LogP contribution in [0.3, 0.4) is 0 Å². The van der Waals surface area contributed by atoms with E-state index < -0.39 is 0 Å². The lowest BCUT2D eigenvalue weighted by atomic mass is 9.97. The van der Waals surface area contributed by atoms with Crippen LogP contribution in [0.1, 0.15) is 55.6 Å². The summed E-state index contributed by atoms with van der Waals surface area (Å²) < 4.78 is 14.2. The van der Waals surface area contributed by atoms with Gasteiger partial charge < -0.3 is 10.2 Å². The summed E-state index contributed by atoms with van der Waals surface area (Å²) in [6.07, 6.45) is 7.59. The van der Waals surface area contributed by atoms with E-state index in [-0.39, 0.29) is 11.7 Å². The highest BCUT2D eigenvalue weighted by molar-refractivity contribution is 6.30. The number of nitrogens with one attached hydrogen (secondary N) is 1. The van der Waals surface area contributed by atoms with E-state index in [1.54, 1.807) is 24.5 Å². The molecule has 1 amide bonds. The maximum Gasteiger partial charge on any atom is 0.271 e. The predicted molar refractivity (Wildman–Crippen MR) is 135 cm³/mol. The average Bonchev–Trinajstić information content (AvgIpc) is 3.67. The van der Waals surface area contributed by atoms with Crippen molar-refractivity contribution in [3.8, 4) is 0 Å². The van der Waals surface area contributed by atoms with E-state index in [2.05, 4.69) is 43.8 Å². The van der Waals surface area contributed by atoms with Gasteiger partial charge in [0.15, 0.2) is 0 Å². The van der Waals surface area contributed by atoms with Gasteiger partial charge in [0.05, 0.1) is 12.4 Å². The van der Waals surface area contributed by atoms with Crippen molar-refractivity contribution in [2.45, 2.75) is 70.2 Å². The molecule has 0 unspecified atom stereocenters. The molecular formula is C26H34ClFN6O. The van der Waals surface area contributed by atoms with Gasteiger partial charge in [-0.1, -0.05) is 17.7 Å². The van der Waals surface area contributed by atoms with Crippen molar-refractivity contribution in [1.29, 1.82) is 0 Å². The molecule has 0 bridgehead atoms. The number of amides is 1. The van der Waals surface area contributed by atoms with Crippen LogP contribution < -0.4 is 10.2 Å². The second kappa shape index (κ2) is 10.4. The van der Waals surface area contributed by atoms with Gasteiger partial charge in [0.25, 0.3) is 5.91 Å². The molecule has 35 heavy (non-hydrogen) atoms. The number of benzene rings is 1. The fraction of sp³-hybridized carbons (Fsp3) is 0.577. The number of likely N-dealkylation sites (tertiary alicyclic amines) is 1. The zero-order chi connectivity index (χ0) is 24.5. The molecule has 3 fully saturated rings. The van der Waals surface area contributed by atoms with Gasteiger partial charge in [0.1, 0.15) is 17.3 Å². The predicted octanol–water partition coefficient (Wildman–Crippen LogP) is 3.72. The Morgan fingerprint density at radius 1 is 1.09 bits per heavy atom. The number of anilines is 1. The first-order valence-electron chi connectivity index (χ1n) is 12.7. The number of carbonyl (C=O) groups excluding carboxylic acids is 1. The third-order valence-electron chi connectivity index (χ3n) is 7.55. The number of nitrogens with zero attached hydrogens (tertiary/aromatic N) is 5. The molecule has 2 saturated heterocycles. The fourth-order valence-electron chi connectivity index (χ4n) is 5.36. The molecule has 9 heteroatoms. The Hall–Kier alpha value is -2.29. The molecule has 1 N–H and O–H groups in total. The molecule has 7 nitrogen and oxygen atoms in total. The second-order valence-corrected chi connectivity index (χ2v) is 10.7. The van der Waals surface area contributed by atoms with Crippen LogP contribution in [0.2, 0.25) is 5.02 Å². The van der Waals surface area contributed by atoms with Gasteiger partial charge in [-0.2, -0.15) is 0 Å². The SMILES string of the molecule is C[C@@H]1CN(C2CCN(Cc3ccc(Cl)cc3F)CC2)[C@@H](C)CN1c1cnc(C(=O)NC2CC2)cn1. The lowest BCUT2D eigenvalue weighted by Crippen LogP contribution is -2.61. The van der Waals surface area contributed by atoms with Crippen LogP contribution in [0.5, 0.6) is 0 Å². The fourth-order valence-corrected chi connectivity index (χ4v) is 5.51.